The fourth-order valence-corrected chi connectivity index (χ4v) is 2.77. The zero-order valence-corrected chi connectivity index (χ0v) is 15.5. The highest BCUT2D eigenvalue weighted by molar-refractivity contribution is 6.36. The minimum Gasteiger partial charge on any atom is -0.347 e. The van der Waals surface area contributed by atoms with Gasteiger partial charge in [0.25, 0.3) is 5.91 Å². The second kappa shape index (κ2) is 8.17. The highest BCUT2D eigenvalue weighted by Gasteiger charge is 2.09. The predicted molar refractivity (Wildman–Crippen MR) is 104 cm³/mol. The van der Waals surface area contributed by atoms with Gasteiger partial charge in [0.2, 0.25) is 0 Å². The van der Waals surface area contributed by atoms with Crippen molar-refractivity contribution in [2.24, 2.45) is 0 Å². The van der Waals surface area contributed by atoms with E-state index >= 15 is 0 Å². The Morgan fingerprint density at radius 2 is 1.88 bits per heavy atom. The summed E-state index contributed by atoms with van der Waals surface area (Å²) in [4.78, 5) is 20.6. The molecule has 3 aromatic rings. The summed E-state index contributed by atoms with van der Waals surface area (Å²) >= 11 is 12.0. The van der Waals surface area contributed by atoms with E-state index in [0.29, 0.717) is 28.1 Å². The average molecular weight is 387 g/mol. The van der Waals surface area contributed by atoms with Crippen LogP contribution in [0, 0.1) is 6.92 Å². The Bertz CT molecular complexity index is 929. The van der Waals surface area contributed by atoms with Crippen LogP contribution in [0.25, 0.3) is 0 Å². The summed E-state index contributed by atoms with van der Waals surface area (Å²) < 4.78 is 0. The summed E-state index contributed by atoms with van der Waals surface area (Å²) in [7, 11) is 0. The van der Waals surface area contributed by atoms with Gasteiger partial charge in [0.1, 0.15) is 11.5 Å². The van der Waals surface area contributed by atoms with Crippen LogP contribution in [0.15, 0.2) is 54.9 Å². The molecule has 0 spiro atoms. The molecule has 0 unspecified atom stereocenters. The monoisotopic (exact) mass is 386 g/mol. The molecule has 5 nitrogen and oxygen atoms in total. The van der Waals surface area contributed by atoms with E-state index in [1.54, 1.807) is 18.2 Å². The van der Waals surface area contributed by atoms with Gasteiger partial charge in [0.15, 0.2) is 0 Å². The van der Waals surface area contributed by atoms with Gasteiger partial charge in [-0.25, -0.2) is 9.97 Å². The molecular formula is C19H16Cl2N4O. The molecule has 1 heterocycles. The van der Waals surface area contributed by atoms with E-state index in [1.165, 1.54) is 12.4 Å². The van der Waals surface area contributed by atoms with E-state index in [-0.39, 0.29) is 11.6 Å². The van der Waals surface area contributed by atoms with Crippen molar-refractivity contribution < 1.29 is 4.79 Å². The molecule has 0 aliphatic rings. The standard InChI is InChI=1S/C19H16Cl2N4O/c1-12-4-2-3-5-13(12)9-24-19(26)17-10-23-18(11-22-17)25-16-7-6-14(20)8-15(16)21/h2-8,10-11H,9H2,1H3,(H,23,25)(H,24,26). The van der Waals surface area contributed by atoms with Crippen LogP contribution in [-0.2, 0) is 6.54 Å². The number of halogens is 2. The Morgan fingerprint density at radius 3 is 2.58 bits per heavy atom. The number of aromatic nitrogens is 2. The van der Waals surface area contributed by atoms with Crippen molar-refractivity contribution in [3.63, 3.8) is 0 Å². The number of anilines is 2. The molecule has 0 fully saturated rings. The first-order valence-electron chi connectivity index (χ1n) is 7.90. The quantitative estimate of drug-likeness (QED) is 0.662. The van der Waals surface area contributed by atoms with Gasteiger partial charge in [0.05, 0.1) is 23.1 Å². The number of rotatable bonds is 5. The molecule has 0 aliphatic carbocycles. The van der Waals surface area contributed by atoms with Crippen LogP contribution in [0.5, 0.6) is 0 Å². The third kappa shape index (κ3) is 4.50. The van der Waals surface area contributed by atoms with E-state index < -0.39 is 0 Å². The van der Waals surface area contributed by atoms with Gasteiger partial charge >= 0.3 is 0 Å². The summed E-state index contributed by atoms with van der Waals surface area (Å²) in [6, 6.07) is 13.0. The maximum atomic E-state index is 12.2. The number of benzene rings is 2. The lowest BCUT2D eigenvalue weighted by Crippen LogP contribution is -2.24. The molecule has 1 aromatic heterocycles. The van der Waals surface area contributed by atoms with Gasteiger partial charge in [-0.3, -0.25) is 4.79 Å². The highest BCUT2D eigenvalue weighted by atomic mass is 35.5. The van der Waals surface area contributed by atoms with Gasteiger partial charge in [0, 0.05) is 11.6 Å². The Labute approximate surface area is 161 Å². The molecule has 1 amide bonds. The number of hydrogen-bond donors (Lipinski definition) is 2. The van der Waals surface area contributed by atoms with Crippen LogP contribution in [-0.4, -0.2) is 15.9 Å². The van der Waals surface area contributed by atoms with E-state index in [0.717, 1.165) is 11.1 Å². The fourth-order valence-electron chi connectivity index (χ4n) is 2.31. The average Bonchev–Trinajstić information content (AvgIpc) is 2.64. The molecule has 2 N–H and O–H groups in total. The molecule has 132 valence electrons. The number of amides is 1. The lowest BCUT2D eigenvalue weighted by atomic mass is 10.1. The van der Waals surface area contributed by atoms with Gasteiger partial charge in [-0.05, 0) is 36.2 Å². The van der Waals surface area contributed by atoms with Gasteiger partial charge in [-0.1, -0.05) is 47.5 Å². The lowest BCUT2D eigenvalue weighted by molar-refractivity contribution is 0.0945. The van der Waals surface area contributed by atoms with Crippen molar-refractivity contribution in [1.29, 1.82) is 0 Å². The summed E-state index contributed by atoms with van der Waals surface area (Å²) in [5.41, 5.74) is 3.08. The molecular weight excluding hydrogens is 371 g/mol. The molecule has 0 aliphatic heterocycles. The Hall–Kier alpha value is -2.63. The highest BCUT2D eigenvalue weighted by Crippen LogP contribution is 2.27. The minimum atomic E-state index is -0.281. The smallest absolute Gasteiger partial charge is 0.271 e. The third-order valence-corrected chi connectivity index (χ3v) is 4.33. The first-order chi connectivity index (χ1) is 12.5. The van der Waals surface area contributed by atoms with Crippen LogP contribution in [0.4, 0.5) is 11.5 Å². The van der Waals surface area contributed by atoms with Crippen molar-refractivity contribution in [2.45, 2.75) is 13.5 Å². The van der Waals surface area contributed by atoms with Crippen LogP contribution < -0.4 is 10.6 Å². The van der Waals surface area contributed by atoms with Crippen molar-refractivity contribution in [1.82, 2.24) is 15.3 Å². The SMILES string of the molecule is Cc1ccccc1CNC(=O)c1cnc(Nc2ccc(Cl)cc2Cl)cn1. The second-order valence-corrected chi connectivity index (χ2v) is 6.49. The van der Waals surface area contributed by atoms with Crippen LogP contribution in [0.1, 0.15) is 21.6 Å². The third-order valence-electron chi connectivity index (χ3n) is 3.78. The van der Waals surface area contributed by atoms with Crippen molar-refractivity contribution in [2.75, 3.05) is 5.32 Å². The Kier molecular flexibility index (Phi) is 5.71. The molecule has 2 aromatic carbocycles. The zero-order valence-electron chi connectivity index (χ0n) is 14.0. The number of nitrogens with zero attached hydrogens (tertiary/aromatic N) is 2. The van der Waals surface area contributed by atoms with Crippen molar-refractivity contribution >= 4 is 40.6 Å². The number of carbonyl (C=O) groups is 1. The number of carbonyl (C=O) groups excluding carboxylic acids is 1. The summed E-state index contributed by atoms with van der Waals surface area (Å²) in [5.74, 6) is 0.196. The molecule has 0 radical (unpaired) electrons. The molecule has 3 rings (SSSR count). The van der Waals surface area contributed by atoms with Gasteiger partial charge in [-0.15, -0.1) is 0 Å². The van der Waals surface area contributed by atoms with E-state index in [1.807, 2.05) is 31.2 Å². The molecule has 26 heavy (non-hydrogen) atoms. The van der Waals surface area contributed by atoms with Crippen LogP contribution in [0.3, 0.4) is 0 Å². The predicted octanol–water partition coefficient (Wildman–Crippen LogP) is 4.77. The Morgan fingerprint density at radius 1 is 1.08 bits per heavy atom. The Balaban J connectivity index is 1.63. The first kappa shape index (κ1) is 18.2. The van der Waals surface area contributed by atoms with Crippen LogP contribution in [0.2, 0.25) is 10.0 Å². The van der Waals surface area contributed by atoms with E-state index in [2.05, 4.69) is 20.6 Å². The second-order valence-electron chi connectivity index (χ2n) is 5.65. The molecule has 7 heteroatoms. The van der Waals surface area contributed by atoms with Crippen molar-refractivity contribution in [3.05, 3.63) is 81.7 Å². The molecule has 0 bridgehead atoms. The molecule has 0 atom stereocenters. The summed E-state index contributed by atoms with van der Waals surface area (Å²) in [6.07, 6.45) is 2.90. The van der Waals surface area contributed by atoms with Gasteiger partial charge in [-0.2, -0.15) is 0 Å². The lowest BCUT2D eigenvalue weighted by Gasteiger charge is -2.09. The largest absolute Gasteiger partial charge is 0.347 e. The van der Waals surface area contributed by atoms with Gasteiger partial charge < -0.3 is 10.6 Å². The minimum absolute atomic E-state index is 0.242. The fraction of sp³-hybridized carbons (Fsp3) is 0.105. The zero-order chi connectivity index (χ0) is 18.5. The summed E-state index contributed by atoms with van der Waals surface area (Å²) in [6.45, 7) is 2.44. The van der Waals surface area contributed by atoms with Crippen LogP contribution >= 0.6 is 23.2 Å². The maximum Gasteiger partial charge on any atom is 0.271 e. The van der Waals surface area contributed by atoms with Crippen molar-refractivity contribution in [3.8, 4) is 0 Å². The number of nitrogens with one attached hydrogen (secondary N) is 2. The van der Waals surface area contributed by atoms with E-state index in [4.69, 9.17) is 23.2 Å². The normalized spacial score (nSPS) is 10.4. The summed E-state index contributed by atoms with van der Waals surface area (Å²) in [5, 5.41) is 6.90. The number of hydrogen-bond acceptors (Lipinski definition) is 4. The van der Waals surface area contributed by atoms with E-state index in [9.17, 15) is 4.79 Å². The number of aryl methyl sites for hydroxylation is 1. The maximum absolute atomic E-state index is 12.2. The topological polar surface area (TPSA) is 66.9 Å². The first-order valence-corrected chi connectivity index (χ1v) is 8.65. The molecule has 0 saturated heterocycles. The molecule has 0 saturated carbocycles.